The van der Waals surface area contributed by atoms with E-state index in [2.05, 4.69) is 11.9 Å². The van der Waals surface area contributed by atoms with Crippen molar-refractivity contribution in [2.24, 2.45) is 5.92 Å². The fourth-order valence-electron chi connectivity index (χ4n) is 3.91. The minimum Gasteiger partial charge on any atom is -0.300 e. The van der Waals surface area contributed by atoms with Crippen LogP contribution in [0.4, 0.5) is 13.2 Å². The first-order chi connectivity index (χ1) is 10.3. The minimum atomic E-state index is -4.41. The SMILES string of the molecule is Cc1ccc(C(F)(F)F)cc1C(=O)C1CC2CCC(C1)N2C. The zero-order valence-corrected chi connectivity index (χ0v) is 12.8. The van der Waals surface area contributed by atoms with Gasteiger partial charge in [-0.2, -0.15) is 13.2 Å². The molecule has 2 unspecified atom stereocenters. The van der Waals surface area contributed by atoms with Gasteiger partial charge in [-0.15, -0.1) is 0 Å². The molecular weight excluding hydrogens is 291 g/mol. The quantitative estimate of drug-likeness (QED) is 0.767. The van der Waals surface area contributed by atoms with Crippen molar-refractivity contribution < 1.29 is 18.0 Å². The maximum atomic E-state index is 12.9. The molecule has 22 heavy (non-hydrogen) atoms. The van der Waals surface area contributed by atoms with E-state index in [1.807, 2.05) is 0 Å². The second-order valence-electron chi connectivity index (χ2n) is 6.61. The molecular formula is C17H20F3NO. The van der Waals surface area contributed by atoms with E-state index in [0.717, 1.165) is 37.8 Å². The molecule has 0 aromatic heterocycles. The summed E-state index contributed by atoms with van der Waals surface area (Å²) in [5, 5.41) is 0. The maximum Gasteiger partial charge on any atom is 0.416 e. The molecule has 2 aliphatic heterocycles. The van der Waals surface area contributed by atoms with Crippen molar-refractivity contribution in [3.63, 3.8) is 0 Å². The summed E-state index contributed by atoms with van der Waals surface area (Å²) in [6.07, 6.45) is -0.698. The Morgan fingerprint density at radius 3 is 2.32 bits per heavy atom. The molecule has 120 valence electrons. The number of aryl methyl sites for hydroxylation is 1. The summed E-state index contributed by atoms with van der Waals surface area (Å²) >= 11 is 0. The van der Waals surface area contributed by atoms with E-state index in [0.29, 0.717) is 17.6 Å². The van der Waals surface area contributed by atoms with Crippen molar-refractivity contribution in [2.75, 3.05) is 7.05 Å². The Bertz CT molecular complexity index is 582. The molecule has 0 radical (unpaired) electrons. The Kier molecular flexibility index (Phi) is 3.79. The van der Waals surface area contributed by atoms with E-state index in [1.165, 1.54) is 6.07 Å². The number of benzene rings is 1. The highest BCUT2D eigenvalue weighted by molar-refractivity contribution is 5.99. The van der Waals surface area contributed by atoms with E-state index in [-0.39, 0.29) is 17.3 Å². The van der Waals surface area contributed by atoms with Gasteiger partial charge in [0.05, 0.1) is 5.56 Å². The molecule has 2 saturated heterocycles. The number of Topliss-reactive ketones (excluding diaryl/α,β-unsaturated/α-hetero) is 1. The predicted molar refractivity (Wildman–Crippen MR) is 77.8 cm³/mol. The average molecular weight is 311 g/mol. The Balaban J connectivity index is 1.86. The standard InChI is InChI=1S/C17H20F3NO/c1-10-3-4-12(17(18,19)20)9-15(10)16(22)11-7-13-5-6-14(8-11)21(13)2/h3-4,9,11,13-14H,5-8H2,1-2H3. The lowest BCUT2D eigenvalue weighted by Crippen LogP contribution is -2.42. The Morgan fingerprint density at radius 2 is 1.77 bits per heavy atom. The van der Waals surface area contributed by atoms with Crippen molar-refractivity contribution in [3.05, 3.63) is 34.9 Å². The molecule has 0 spiro atoms. The number of carbonyl (C=O) groups excluding carboxylic acids is 1. The maximum absolute atomic E-state index is 12.9. The first kappa shape index (κ1) is 15.5. The monoisotopic (exact) mass is 311 g/mol. The summed E-state index contributed by atoms with van der Waals surface area (Å²) in [5.74, 6) is -0.260. The van der Waals surface area contributed by atoms with E-state index < -0.39 is 11.7 Å². The number of fused-ring (bicyclic) bond motifs is 2. The van der Waals surface area contributed by atoms with Gasteiger partial charge >= 0.3 is 6.18 Å². The topological polar surface area (TPSA) is 20.3 Å². The number of rotatable bonds is 2. The summed E-state index contributed by atoms with van der Waals surface area (Å²) in [4.78, 5) is 15.1. The first-order valence-electron chi connectivity index (χ1n) is 7.71. The van der Waals surface area contributed by atoms with Crippen LogP contribution in [0.15, 0.2) is 18.2 Å². The van der Waals surface area contributed by atoms with Gasteiger partial charge in [0.25, 0.3) is 0 Å². The van der Waals surface area contributed by atoms with Gasteiger partial charge in [0.15, 0.2) is 5.78 Å². The number of piperidine rings is 1. The fourth-order valence-corrected chi connectivity index (χ4v) is 3.91. The molecule has 1 aromatic rings. The molecule has 0 amide bonds. The van der Waals surface area contributed by atoms with Gasteiger partial charge in [0.2, 0.25) is 0 Å². The molecule has 0 saturated carbocycles. The molecule has 2 heterocycles. The third kappa shape index (κ3) is 2.67. The minimum absolute atomic E-state index is 0.117. The molecule has 3 rings (SSSR count). The van der Waals surface area contributed by atoms with Crippen molar-refractivity contribution in [3.8, 4) is 0 Å². The van der Waals surface area contributed by atoms with Gasteiger partial charge in [-0.1, -0.05) is 6.07 Å². The lowest BCUT2D eigenvalue weighted by atomic mass is 9.83. The largest absolute Gasteiger partial charge is 0.416 e. The number of nitrogens with zero attached hydrogens (tertiary/aromatic N) is 1. The van der Waals surface area contributed by atoms with Crippen LogP contribution < -0.4 is 0 Å². The van der Waals surface area contributed by atoms with Gasteiger partial charge in [0, 0.05) is 23.6 Å². The van der Waals surface area contributed by atoms with Crippen LogP contribution in [0.2, 0.25) is 0 Å². The molecule has 0 N–H and O–H groups in total. The van der Waals surface area contributed by atoms with E-state index in [1.54, 1.807) is 6.92 Å². The molecule has 2 bridgehead atoms. The highest BCUT2D eigenvalue weighted by Gasteiger charge is 2.41. The zero-order valence-electron chi connectivity index (χ0n) is 12.8. The van der Waals surface area contributed by atoms with Gasteiger partial charge < -0.3 is 4.90 Å². The van der Waals surface area contributed by atoms with Gasteiger partial charge in [-0.3, -0.25) is 4.79 Å². The normalized spacial score (nSPS) is 28.9. The van der Waals surface area contributed by atoms with Crippen LogP contribution in [0, 0.1) is 12.8 Å². The molecule has 2 nitrogen and oxygen atoms in total. The smallest absolute Gasteiger partial charge is 0.300 e. The number of ketones is 1. The van der Waals surface area contributed by atoms with Crippen LogP contribution >= 0.6 is 0 Å². The highest BCUT2D eigenvalue weighted by Crippen LogP contribution is 2.39. The average Bonchev–Trinajstić information content (AvgIpc) is 2.67. The van der Waals surface area contributed by atoms with Crippen molar-refractivity contribution in [1.29, 1.82) is 0 Å². The van der Waals surface area contributed by atoms with Crippen LogP contribution in [0.25, 0.3) is 0 Å². The Labute approximate surface area is 128 Å². The van der Waals surface area contributed by atoms with Crippen LogP contribution in [-0.4, -0.2) is 29.8 Å². The predicted octanol–water partition coefficient (Wildman–Crippen LogP) is 4.07. The molecule has 5 heteroatoms. The van der Waals surface area contributed by atoms with Gasteiger partial charge in [-0.05, 0) is 57.4 Å². The Morgan fingerprint density at radius 1 is 1.18 bits per heavy atom. The summed E-state index contributed by atoms with van der Waals surface area (Å²) in [5.41, 5.74) is 0.130. The van der Waals surface area contributed by atoms with Crippen LogP contribution in [0.1, 0.15) is 47.2 Å². The van der Waals surface area contributed by atoms with Crippen LogP contribution in [0.3, 0.4) is 0 Å². The van der Waals surface area contributed by atoms with E-state index in [9.17, 15) is 18.0 Å². The number of hydrogen-bond donors (Lipinski definition) is 0. The first-order valence-corrected chi connectivity index (χ1v) is 7.71. The lowest BCUT2D eigenvalue weighted by Gasteiger charge is -2.35. The summed E-state index contributed by atoms with van der Waals surface area (Å²) < 4.78 is 38.6. The molecule has 2 atom stereocenters. The van der Waals surface area contributed by atoms with Crippen molar-refractivity contribution >= 4 is 5.78 Å². The molecule has 1 aromatic carbocycles. The molecule has 0 aliphatic carbocycles. The number of carbonyl (C=O) groups is 1. The third-order valence-corrected chi connectivity index (χ3v) is 5.30. The molecule has 2 fully saturated rings. The second kappa shape index (κ2) is 5.37. The van der Waals surface area contributed by atoms with Crippen molar-refractivity contribution in [2.45, 2.75) is 50.9 Å². The third-order valence-electron chi connectivity index (χ3n) is 5.30. The van der Waals surface area contributed by atoms with Crippen molar-refractivity contribution in [1.82, 2.24) is 4.90 Å². The summed E-state index contributed by atoms with van der Waals surface area (Å²) in [6.45, 7) is 1.71. The second-order valence-corrected chi connectivity index (χ2v) is 6.61. The fraction of sp³-hybridized carbons (Fsp3) is 0.588. The van der Waals surface area contributed by atoms with E-state index in [4.69, 9.17) is 0 Å². The number of halogens is 3. The van der Waals surface area contributed by atoms with Gasteiger partial charge in [0.1, 0.15) is 0 Å². The van der Waals surface area contributed by atoms with Crippen LogP contribution in [0.5, 0.6) is 0 Å². The van der Waals surface area contributed by atoms with Gasteiger partial charge in [-0.25, -0.2) is 0 Å². The zero-order chi connectivity index (χ0) is 16.1. The number of alkyl halides is 3. The summed E-state index contributed by atoms with van der Waals surface area (Å²) in [6, 6.07) is 4.28. The Hall–Kier alpha value is -1.36. The molecule has 2 aliphatic rings. The number of hydrogen-bond acceptors (Lipinski definition) is 2. The van der Waals surface area contributed by atoms with E-state index >= 15 is 0 Å². The lowest BCUT2D eigenvalue weighted by molar-refractivity contribution is -0.137. The van der Waals surface area contributed by atoms with Crippen LogP contribution in [-0.2, 0) is 6.18 Å². The highest BCUT2D eigenvalue weighted by atomic mass is 19.4. The summed E-state index contributed by atoms with van der Waals surface area (Å²) in [7, 11) is 2.08.